The van der Waals surface area contributed by atoms with E-state index in [4.69, 9.17) is 5.11 Å². The molecule has 1 unspecified atom stereocenters. The second-order valence-electron chi connectivity index (χ2n) is 5.51. The summed E-state index contributed by atoms with van der Waals surface area (Å²) in [6, 6.07) is 2.53. The average molecular weight is 362 g/mol. The zero-order valence-electron chi connectivity index (χ0n) is 13.3. The fourth-order valence-electron chi connectivity index (χ4n) is 2.46. The van der Waals surface area contributed by atoms with Gasteiger partial charge >= 0.3 is 5.97 Å². The number of nitrogens with zero attached hydrogens (tertiary/aromatic N) is 2. The zero-order valence-corrected chi connectivity index (χ0v) is 13.3. The number of rotatable bonds is 4. The number of benzene rings is 1. The molecular weight excluding hydrogens is 350 g/mol. The average Bonchev–Trinajstić information content (AvgIpc) is 3.01. The highest BCUT2D eigenvalue weighted by molar-refractivity contribution is 6.01. The van der Waals surface area contributed by atoms with Crippen molar-refractivity contribution in [1.82, 2.24) is 19.9 Å². The van der Waals surface area contributed by atoms with E-state index in [0.717, 1.165) is 18.2 Å². The number of halogens is 2. The minimum atomic E-state index is -1.27. The summed E-state index contributed by atoms with van der Waals surface area (Å²) in [5, 5.41) is 13.7. The third-order valence-electron chi connectivity index (χ3n) is 3.67. The first kappa shape index (κ1) is 17.3. The first-order valence-corrected chi connectivity index (χ1v) is 7.37. The molecule has 0 bridgehead atoms. The van der Waals surface area contributed by atoms with E-state index in [1.165, 1.54) is 17.8 Å². The van der Waals surface area contributed by atoms with E-state index in [9.17, 15) is 23.2 Å². The van der Waals surface area contributed by atoms with Gasteiger partial charge in [-0.25, -0.2) is 18.3 Å². The van der Waals surface area contributed by atoms with Crippen LogP contribution in [0.25, 0.3) is 16.9 Å². The summed E-state index contributed by atoms with van der Waals surface area (Å²) in [5.74, 6) is -3.87. The quantitative estimate of drug-likeness (QED) is 0.644. The smallest absolute Gasteiger partial charge is 0.325 e. The minimum absolute atomic E-state index is 0.0599. The van der Waals surface area contributed by atoms with Crippen LogP contribution in [-0.2, 0) is 4.79 Å². The number of fused-ring (bicyclic) bond motifs is 1. The molecule has 2 heterocycles. The van der Waals surface area contributed by atoms with E-state index < -0.39 is 35.0 Å². The second-order valence-corrected chi connectivity index (χ2v) is 5.51. The van der Waals surface area contributed by atoms with E-state index in [1.807, 2.05) is 0 Å². The first-order valence-electron chi connectivity index (χ1n) is 7.37. The van der Waals surface area contributed by atoms with E-state index in [-0.39, 0.29) is 22.5 Å². The molecule has 0 radical (unpaired) electrons. The predicted octanol–water partition coefficient (Wildman–Crippen LogP) is 1.17. The maximum Gasteiger partial charge on any atom is 0.325 e. The van der Waals surface area contributed by atoms with E-state index in [1.54, 1.807) is 0 Å². The number of hydrogen-bond donors (Lipinski definition) is 3. The highest BCUT2D eigenvalue weighted by Crippen LogP contribution is 2.22. The van der Waals surface area contributed by atoms with E-state index in [0.29, 0.717) is 6.07 Å². The van der Waals surface area contributed by atoms with Crippen molar-refractivity contribution in [3.8, 4) is 11.3 Å². The van der Waals surface area contributed by atoms with Crippen molar-refractivity contribution in [2.24, 2.45) is 0 Å². The molecule has 1 amide bonds. The summed E-state index contributed by atoms with van der Waals surface area (Å²) in [7, 11) is 0. The topological polar surface area (TPSA) is 117 Å². The molecule has 3 rings (SSSR count). The van der Waals surface area contributed by atoms with Crippen LogP contribution in [0.5, 0.6) is 0 Å². The molecule has 134 valence electrons. The summed E-state index contributed by atoms with van der Waals surface area (Å²) in [4.78, 5) is 39.5. The van der Waals surface area contributed by atoms with E-state index in [2.05, 4.69) is 15.4 Å². The van der Waals surface area contributed by atoms with Gasteiger partial charge in [0, 0.05) is 17.7 Å². The maximum absolute atomic E-state index is 13.5. The third-order valence-corrected chi connectivity index (χ3v) is 3.67. The van der Waals surface area contributed by atoms with Crippen LogP contribution in [0.4, 0.5) is 8.78 Å². The van der Waals surface area contributed by atoms with Crippen molar-refractivity contribution >= 4 is 17.5 Å². The second kappa shape index (κ2) is 6.39. The Hall–Kier alpha value is -3.56. The van der Waals surface area contributed by atoms with Crippen LogP contribution in [0, 0.1) is 11.6 Å². The van der Waals surface area contributed by atoms with Crippen LogP contribution in [0.15, 0.2) is 35.4 Å². The van der Waals surface area contributed by atoms with Gasteiger partial charge in [0.2, 0.25) is 0 Å². The lowest BCUT2D eigenvalue weighted by Crippen LogP contribution is -2.40. The van der Waals surface area contributed by atoms with Crippen molar-refractivity contribution in [2.45, 2.75) is 13.0 Å². The molecule has 0 saturated heterocycles. The summed E-state index contributed by atoms with van der Waals surface area (Å²) in [5.41, 5.74) is -1.12. The number of amides is 1. The lowest BCUT2D eigenvalue weighted by Gasteiger charge is -2.11. The minimum Gasteiger partial charge on any atom is -0.480 e. The Labute approximate surface area is 144 Å². The molecule has 26 heavy (non-hydrogen) atoms. The summed E-state index contributed by atoms with van der Waals surface area (Å²) in [6.07, 6.45) is 1.19. The Kier molecular flexibility index (Phi) is 4.24. The fourth-order valence-corrected chi connectivity index (χ4v) is 2.46. The number of pyridine rings is 1. The largest absolute Gasteiger partial charge is 0.480 e. The molecule has 0 saturated carbocycles. The molecule has 0 aliphatic heterocycles. The van der Waals surface area contributed by atoms with Crippen molar-refractivity contribution in [2.75, 3.05) is 0 Å². The Morgan fingerprint density at radius 3 is 2.50 bits per heavy atom. The molecule has 10 heteroatoms. The van der Waals surface area contributed by atoms with Crippen molar-refractivity contribution in [3.63, 3.8) is 0 Å². The SMILES string of the molecule is CC(NC(=O)c1c(=O)cc(-c2cc(F)cc(F)c2)n2[nH]cnc12)C(=O)O. The van der Waals surface area contributed by atoms with Crippen LogP contribution < -0.4 is 10.7 Å². The van der Waals surface area contributed by atoms with Gasteiger partial charge in [-0.2, -0.15) is 0 Å². The Morgan fingerprint density at radius 2 is 1.88 bits per heavy atom. The lowest BCUT2D eigenvalue weighted by atomic mass is 10.1. The molecule has 8 nitrogen and oxygen atoms in total. The van der Waals surface area contributed by atoms with Gasteiger partial charge in [-0.3, -0.25) is 19.5 Å². The Bertz CT molecular complexity index is 1070. The van der Waals surface area contributed by atoms with Gasteiger partial charge < -0.3 is 10.4 Å². The van der Waals surface area contributed by atoms with Gasteiger partial charge in [0.25, 0.3) is 5.91 Å². The number of H-pyrrole nitrogens is 1. The van der Waals surface area contributed by atoms with Gasteiger partial charge in [0.05, 0.1) is 5.69 Å². The van der Waals surface area contributed by atoms with Crippen LogP contribution >= 0.6 is 0 Å². The number of nitrogens with one attached hydrogen (secondary N) is 2. The number of aliphatic carboxylic acids is 1. The Balaban J connectivity index is 2.17. The highest BCUT2D eigenvalue weighted by atomic mass is 19.1. The van der Waals surface area contributed by atoms with E-state index >= 15 is 0 Å². The van der Waals surface area contributed by atoms with Crippen LogP contribution in [-0.4, -0.2) is 37.6 Å². The van der Waals surface area contributed by atoms with Gasteiger partial charge in [0.1, 0.15) is 29.6 Å². The standard InChI is InChI=1S/C16H12F2N4O4/c1-7(16(25)26)21-15(24)13-12(23)5-11(22-14(13)19-6-20-22)8-2-9(17)4-10(18)3-8/h2-7H,1H3,(H,19,20)(H,21,24)(H,25,26). The van der Waals surface area contributed by atoms with Gasteiger partial charge in [-0.05, 0) is 19.1 Å². The van der Waals surface area contributed by atoms with Crippen LogP contribution in [0.3, 0.4) is 0 Å². The van der Waals surface area contributed by atoms with Gasteiger partial charge in [-0.15, -0.1) is 0 Å². The molecule has 3 aromatic rings. The molecule has 0 aliphatic rings. The highest BCUT2D eigenvalue weighted by Gasteiger charge is 2.23. The molecular formula is C16H12F2N4O4. The number of aromatic amines is 1. The predicted molar refractivity (Wildman–Crippen MR) is 85.7 cm³/mol. The third kappa shape index (κ3) is 3.04. The summed E-state index contributed by atoms with van der Waals surface area (Å²) >= 11 is 0. The monoisotopic (exact) mass is 362 g/mol. The molecule has 1 aromatic carbocycles. The number of aromatic nitrogens is 3. The number of carboxylic acid groups (broad SMARTS) is 1. The molecule has 0 aliphatic carbocycles. The Morgan fingerprint density at radius 1 is 1.23 bits per heavy atom. The number of carboxylic acids is 1. The van der Waals surface area contributed by atoms with Crippen LogP contribution in [0.2, 0.25) is 0 Å². The maximum atomic E-state index is 13.5. The number of carbonyl (C=O) groups is 2. The van der Waals surface area contributed by atoms with Gasteiger partial charge in [-0.1, -0.05) is 0 Å². The van der Waals surface area contributed by atoms with Crippen molar-refractivity contribution < 1.29 is 23.5 Å². The molecule has 2 aromatic heterocycles. The molecule has 0 spiro atoms. The molecule has 3 N–H and O–H groups in total. The summed E-state index contributed by atoms with van der Waals surface area (Å²) in [6.45, 7) is 1.24. The fraction of sp³-hybridized carbons (Fsp3) is 0.125. The number of hydrogen-bond acceptors (Lipinski definition) is 4. The first-order chi connectivity index (χ1) is 12.3. The molecule has 0 fully saturated rings. The zero-order chi connectivity index (χ0) is 19.0. The van der Waals surface area contributed by atoms with Crippen molar-refractivity contribution in [1.29, 1.82) is 0 Å². The summed E-state index contributed by atoms with van der Waals surface area (Å²) < 4.78 is 28.2. The van der Waals surface area contributed by atoms with Gasteiger partial charge in [0.15, 0.2) is 11.1 Å². The normalized spacial score (nSPS) is 12.1. The number of carbonyl (C=O) groups excluding carboxylic acids is 1. The van der Waals surface area contributed by atoms with Crippen LogP contribution in [0.1, 0.15) is 17.3 Å². The lowest BCUT2D eigenvalue weighted by molar-refractivity contribution is -0.138. The molecule has 1 atom stereocenters. The van der Waals surface area contributed by atoms with Crippen molar-refractivity contribution in [3.05, 3.63) is 58.0 Å².